The van der Waals surface area contributed by atoms with Crippen LogP contribution in [0.5, 0.6) is 0 Å². The van der Waals surface area contributed by atoms with Crippen molar-refractivity contribution < 1.29 is 0 Å². The molecule has 1 aromatic carbocycles. The Hall–Kier alpha value is -0.510. The highest BCUT2D eigenvalue weighted by Crippen LogP contribution is 2.18. The maximum absolute atomic E-state index is 5.37. The highest BCUT2D eigenvalue weighted by Gasteiger charge is 1.99. The molecule has 0 aliphatic carbocycles. The topological polar surface area (TPSA) is 26.0 Å². The smallest absolute Gasteiger partial charge is 0.0253 e. The van der Waals surface area contributed by atoms with E-state index in [4.69, 9.17) is 5.73 Å². The Morgan fingerprint density at radius 1 is 1.50 bits per heavy atom. The van der Waals surface area contributed by atoms with Crippen LogP contribution in [-0.2, 0) is 4.43 Å². The van der Waals surface area contributed by atoms with Gasteiger partial charge >= 0.3 is 0 Å². The second kappa shape index (κ2) is 4.50. The van der Waals surface area contributed by atoms with Crippen molar-refractivity contribution in [2.45, 2.75) is 11.4 Å². The van der Waals surface area contributed by atoms with Gasteiger partial charge in [0.25, 0.3) is 0 Å². The van der Waals surface area contributed by atoms with E-state index in [2.05, 4.69) is 47.7 Å². The molecule has 0 aromatic heterocycles. The number of rotatable bonds is 2. The normalized spacial score (nSPS) is 10.8. The molecule has 0 aliphatic rings. The molecule has 0 heterocycles. The van der Waals surface area contributed by atoms with Crippen LogP contribution >= 0.6 is 22.6 Å². The molecule has 0 spiro atoms. The lowest BCUT2D eigenvalue weighted by atomic mass is 10.0. The molecule has 1 nitrogen and oxygen atoms in total. The second-order valence-corrected chi connectivity index (χ2v) is 3.40. The fraction of sp³-hybridized carbons (Fsp3) is 0.200. The predicted octanol–water partition coefficient (Wildman–Crippen LogP) is 2.86. The Morgan fingerprint density at radius 2 is 2.25 bits per heavy atom. The van der Waals surface area contributed by atoms with Crippen LogP contribution in [0.3, 0.4) is 0 Å². The lowest BCUT2D eigenvalue weighted by molar-refractivity contribution is 1.34. The summed E-state index contributed by atoms with van der Waals surface area (Å²) >= 11 is 2.36. The summed E-state index contributed by atoms with van der Waals surface area (Å²) in [5.41, 5.74) is 9.26. The van der Waals surface area contributed by atoms with Gasteiger partial charge in [-0.05, 0) is 35.9 Å². The minimum absolute atomic E-state index is 1.03. The molecule has 0 aliphatic heterocycles. The van der Waals surface area contributed by atoms with Crippen molar-refractivity contribution >= 4 is 28.7 Å². The third-order valence-electron chi connectivity index (χ3n) is 1.82. The van der Waals surface area contributed by atoms with Gasteiger partial charge < -0.3 is 5.73 Å². The molecular weight excluding hydrogens is 261 g/mol. The summed E-state index contributed by atoms with van der Waals surface area (Å²) in [4.78, 5) is 0. The van der Waals surface area contributed by atoms with Crippen LogP contribution in [0.15, 0.2) is 24.4 Å². The molecule has 0 unspecified atom stereocenters. The lowest BCUT2D eigenvalue weighted by Crippen LogP contribution is -1.89. The molecule has 0 fully saturated rings. The Kier molecular flexibility index (Phi) is 3.59. The zero-order chi connectivity index (χ0) is 8.97. The maximum atomic E-state index is 5.37. The van der Waals surface area contributed by atoms with Gasteiger partial charge in [-0.1, -0.05) is 40.8 Å². The number of benzene rings is 1. The summed E-state index contributed by atoms with van der Waals surface area (Å²) in [5, 5.41) is 0. The Balaban J connectivity index is 3.19. The fourth-order valence-corrected chi connectivity index (χ4v) is 1.86. The molecule has 0 amide bonds. The Morgan fingerprint density at radius 3 is 2.83 bits per heavy atom. The van der Waals surface area contributed by atoms with E-state index in [1.807, 2.05) is 6.08 Å². The average molecular weight is 273 g/mol. The standard InChI is InChI=1S/C10H12IN/c1-8-3-2-4-9(7-11)10(8)5-6-12/h2-6H,7,12H2,1H3/b6-5-. The van der Waals surface area contributed by atoms with Gasteiger partial charge in [-0.25, -0.2) is 0 Å². The first-order valence-electron chi connectivity index (χ1n) is 3.82. The molecule has 1 aromatic rings. The van der Waals surface area contributed by atoms with E-state index in [0.29, 0.717) is 0 Å². The van der Waals surface area contributed by atoms with Crippen LogP contribution in [0.4, 0.5) is 0 Å². The molecule has 0 bridgehead atoms. The molecular formula is C10H12IN. The van der Waals surface area contributed by atoms with E-state index in [-0.39, 0.29) is 0 Å². The second-order valence-electron chi connectivity index (χ2n) is 2.64. The van der Waals surface area contributed by atoms with Crippen LogP contribution in [0, 0.1) is 6.92 Å². The van der Waals surface area contributed by atoms with E-state index in [1.54, 1.807) is 6.20 Å². The third-order valence-corrected chi connectivity index (χ3v) is 2.64. The number of hydrogen-bond donors (Lipinski definition) is 1. The van der Waals surface area contributed by atoms with Crippen molar-refractivity contribution in [3.05, 3.63) is 41.1 Å². The van der Waals surface area contributed by atoms with Crippen LogP contribution in [-0.4, -0.2) is 0 Å². The van der Waals surface area contributed by atoms with E-state index in [0.717, 1.165) is 4.43 Å². The van der Waals surface area contributed by atoms with Gasteiger partial charge in [-0.2, -0.15) is 0 Å². The molecule has 1 rings (SSSR count). The maximum Gasteiger partial charge on any atom is 0.0253 e. The first kappa shape index (κ1) is 9.58. The van der Waals surface area contributed by atoms with Crippen molar-refractivity contribution in [3.63, 3.8) is 0 Å². The van der Waals surface area contributed by atoms with Gasteiger partial charge in [0.15, 0.2) is 0 Å². The summed E-state index contributed by atoms with van der Waals surface area (Å²) in [6.45, 7) is 2.10. The SMILES string of the molecule is Cc1cccc(CI)c1/C=C\N. The molecule has 12 heavy (non-hydrogen) atoms. The summed E-state index contributed by atoms with van der Waals surface area (Å²) in [7, 11) is 0. The highest BCUT2D eigenvalue weighted by atomic mass is 127. The zero-order valence-corrected chi connectivity index (χ0v) is 9.21. The van der Waals surface area contributed by atoms with Crippen LogP contribution < -0.4 is 5.73 Å². The summed E-state index contributed by atoms with van der Waals surface area (Å²) in [5.74, 6) is 0. The number of hydrogen-bond acceptors (Lipinski definition) is 1. The molecule has 0 saturated carbocycles. The van der Waals surface area contributed by atoms with Crippen LogP contribution in [0.1, 0.15) is 16.7 Å². The molecule has 0 saturated heterocycles. The summed E-state index contributed by atoms with van der Waals surface area (Å²) in [6, 6.07) is 6.32. The third kappa shape index (κ3) is 2.00. The largest absolute Gasteiger partial charge is 0.405 e. The highest BCUT2D eigenvalue weighted by molar-refractivity contribution is 14.1. The monoisotopic (exact) mass is 273 g/mol. The number of alkyl halides is 1. The summed E-state index contributed by atoms with van der Waals surface area (Å²) < 4.78 is 1.03. The van der Waals surface area contributed by atoms with Crippen molar-refractivity contribution in [1.29, 1.82) is 0 Å². The van der Waals surface area contributed by atoms with E-state index in [1.165, 1.54) is 16.7 Å². The number of halogens is 1. The van der Waals surface area contributed by atoms with Gasteiger partial charge in [0, 0.05) is 4.43 Å². The van der Waals surface area contributed by atoms with Crippen LogP contribution in [0.2, 0.25) is 0 Å². The first-order valence-corrected chi connectivity index (χ1v) is 5.35. The first-order chi connectivity index (χ1) is 5.79. The van der Waals surface area contributed by atoms with Gasteiger partial charge in [0.1, 0.15) is 0 Å². The average Bonchev–Trinajstić information content (AvgIpc) is 2.09. The molecule has 0 atom stereocenters. The van der Waals surface area contributed by atoms with E-state index < -0.39 is 0 Å². The molecule has 64 valence electrons. The number of aryl methyl sites for hydroxylation is 1. The predicted molar refractivity (Wildman–Crippen MR) is 62.1 cm³/mol. The van der Waals surface area contributed by atoms with Crippen molar-refractivity contribution in [2.24, 2.45) is 5.73 Å². The van der Waals surface area contributed by atoms with Crippen LogP contribution in [0.25, 0.3) is 6.08 Å². The number of nitrogens with two attached hydrogens (primary N) is 1. The fourth-order valence-electron chi connectivity index (χ4n) is 1.19. The minimum Gasteiger partial charge on any atom is -0.405 e. The van der Waals surface area contributed by atoms with Crippen molar-refractivity contribution in [2.75, 3.05) is 0 Å². The Bertz CT molecular complexity index is 292. The molecule has 2 N–H and O–H groups in total. The Labute approximate surface area is 86.8 Å². The quantitative estimate of drug-likeness (QED) is 0.650. The van der Waals surface area contributed by atoms with Gasteiger partial charge in [-0.15, -0.1) is 0 Å². The van der Waals surface area contributed by atoms with Gasteiger partial charge in [0.2, 0.25) is 0 Å². The van der Waals surface area contributed by atoms with E-state index in [9.17, 15) is 0 Å². The van der Waals surface area contributed by atoms with E-state index >= 15 is 0 Å². The lowest BCUT2D eigenvalue weighted by Gasteiger charge is -2.05. The minimum atomic E-state index is 1.03. The zero-order valence-electron chi connectivity index (χ0n) is 7.05. The molecule has 0 radical (unpaired) electrons. The van der Waals surface area contributed by atoms with Crippen molar-refractivity contribution in [1.82, 2.24) is 0 Å². The molecule has 2 heteroatoms. The summed E-state index contributed by atoms with van der Waals surface area (Å²) in [6.07, 6.45) is 3.56. The van der Waals surface area contributed by atoms with Gasteiger partial charge in [-0.3, -0.25) is 0 Å². The van der Waals surface area contributed by atoms with Gasteiger partial charge in [0.05, 0.1) is 0 Å². The van der Waals surface area contributed by atoms with Crippen molar-refractivity contribution in [3.8, 4) is 0 Å².